The van der Waals surface area contributed by atoms with Crippen molar-refractivity contribution in [1.29, 1.82) is 0 Å². The van der Waals surface area contributed by atoms with Gasteiger partial charge < -0.3 is 14.9 Å². The fourth-order valence-corrected chi connectivity index (χ4v) is 2.05. The molecule has 0 atom stereocenters. The third kappa shape index (κ3) is 5.83. The normalized spacial score (nSPS) is 20.2. The highest BCUT2D eigenvalue weighted by atomic mass is 16.3. The van der Waals surface area contributed by atoms with Crippen molar-refractivity contribution in [3.63, 3.8) is 0 Å². The summed E-state index contributed by atoms with van der Waals surface area (Å²) in [6, 6.07) is 0. The van der Waals surface area contributed by atoms with E-state index in [0.29, 0.717) is 0 Å². The van der Waals surface area contributed by atoms with E-state index in [4.69, 9.17) is 0 Å². The van der Waals surface area contributed by atoms with Crippen molar-refractivity contribution in [3.8, 4) is 0 Å². The zero-order valence-electron chi connectivity index (χ0n) is 11.2. The molecule has 0 aromatic rings. The summed E-state index contributed by atoms with van der Waals surface area (Å²) in [7, 11) is 0. The van der Waals surface area contributed by atoms with Crippen molar-refractivity contribution in [2.24, 2.45) is 0 Å². The van der Waals surface area contributed by atoms with Crippen LogP contribution in [0.3, 0.4) is 0 Å². The third-order valence-corrected chi connectivity index (χ3v) is 3.33. The first-order valence-corrected chi connectivity index (χ1v) is 6.68. The summed E-state index contributed by atoms with van der Waals surface area (Å²) in [4.78, 5) is 5.03. The van der Waals surface area contributed by atoms with E-state index in [-0.39, 0.29) is 0 Å². The highest BCUT2D eigenvalue weighted by molar-refractivity contribution is 4.74. The predicted molar refractivity (Wildman–Crippen MR) is 68.7 cm³/mol. The van der Waals surface area contributed by atoms with Crippen LogP contribution in [0, 0.1) is 0 Å². The van der Waals surface area contributed by atoms with E-state index in [9.17, 15) is 5.11 Å². The molecule has 0 aliphatic carbocycles. The summed E-state index contributed by atoms with van der Waals surface area (Å²) in [5, 5.41) is 9.68. The van der Waals surface area contributed by atoms with Crippen LogP contribution in [-0.4, -0.2) is 59.8 Å². The van der Waals surface area contributed by atoms with Gasteiger partial charge in [-0.2, -0.15) is 0 Å². The molecule has 1 aliphatic heterocycles. The van der Waals surface area contributed by atoms with E-state index < -0.39 is 5.60 Å². The Bertz CT molecular complexity index is 181. The lowest BCUT2D eigenvalue weighted by atomic mass is 10.1. The topological polar surface area (TPSA) is 26.7 Å². The number of rotatable bonds is 6. The predicted octanol–water partition coefficient (Wildman–Crippen LogP) is 1.57. The molecule has 1 aliphatic rings. The van der Waals surface area contributed by atoms with Crippen LogP contribution in [0.25, 0.3) is 0 Å². The molecule has 0 saturated carbocycles. The molecule has 0 aromatic carbocycles. The average Bonchev–Trinajstić information content (AvgIpc) is 2.24. The van der Waals surface area contributed by atoms with Crippen LogP contribution in [0.1, 0.15) is 40.0 Å². The quantitative estimate of drug-likeness (QED) is 0.747. The van der Waals surface area contributed by atoms with E-state index in [1.54, 1.807) is 0 Å². The number of nitrogens with zero attached hydrogens (tertiary/aromatic N) is 2. The number of hydrogen-bond donors (Lipinski definition) is 1. The Morgan fingerprint density at radius 2 is 1.50 bits per heavy atom. The van der Waals surface area contributed by atoms with Crippen molar-refractivity contribution < 1.29 is 5.11 Å². The molecule has 0 spiro atoms. The summed E-state index contributed by atoms with van der Waals surface area (Å²) >= 11 is 0. The van der Waals surface area contributed by atoms with Gasteiger partial charge in [0.25, 0.3) is 0 Å². The number of hydrogen-bond acceptors (Lipinski definition) is 3. The van der Waals surface area contributed by atoms with Gasteiger partial charge in [-0.3, -0.25) is 0 Å². The van der Waals surface area contributed by atoms with Gasteiger partial charge in [0.15, 0.2) is 0 Å². The Kier molecular flexibility index (Phi) is 5.73. The van der Waals surface area contributed by atoms with Gasteiger partial charge in [0.05, 0.1) is 5.60 Å². The minimum atomic E-state index is -0.515. The molecular weight excluding hydrogens is 200 g/mol. The van der Waals surface area contributed by atoms with Crippen molar-refractivity contribution in [2.45, 2.75) is 45.6 Å². The first-order valence-electron chi connectivity index (χ1n) is 6.68. The fourth-order valence-electron chi connectivity index (χ4n) is 2.05. The van der Waals surface area contributed by atoms with Gasteiger partial charge >= 0.3 is 0 Å². The van der Waals surface area contributed by atoms with Gasteiger partial charge in [0, 0.05) is 32.7 Å². The first-order chi connectivity index (χ1) is 7.51. The molecule has 0 amide bonds. The van der Waals surface area contributed by atoms with Gasteiger partial charge in [-0.05, 0) is 33.2 Å². The average molecular weight is 228 g/mol. The lowest BCUT2D eigenvalue weighted by molar-refractivity contribution is 0.0474. The first kappa shape index (κ1) is 13.9. The maximum Gasteiger partial charge on any atom is 0.0603 e. The largest absolute Gasteiger partial charge is 0.390 e. The molecular formula is C13H28N2O. The SMILES string of the molecule is CCCCN1CCN(CCC(C)(C)O)CC1. The molecule has 1 heterocycles. The van der Waals surface area contributed by atoms with Crippen molar-refractivity contribution in [2.75, 3.05) is 39.3 Å². The third-order valence-electron chi connectivity index (χ3n) is 3.33. The van der Waals surface area contributed by atoms with Gasteiger partial charge in [0.1, 0.15) is 0 Å². The molecule has 0 radical (unpaired) electrons. The Hall–Kier alpha value is -0.120. The minimum Gasteiger partial charge on any atom is -0.390 e. The standard InChI is InChI=1S/C13H28N2O/c1-4-5-7-14-9-11-15(12-10-14)8-6-13(2,3)16/h16H,4-12H2,1-3H3. The lowest BCUT2D eigenvalue weighted by Gasteiger charge is -2.35. The molecule has 1 saturated heterocycles. The van der Waals surface area contributed by atoms with Crippen molar-refractivity contribution in [1.82, 2.24) is 9.80 Å². The molecule has 1 fully saturated rings. The summed E-state index contributed by atoms with van der Waals surface area (Å²) in [5.41, 5.74) is -0.515. The van der Waals surface area contributed by atoms with Crippen LogP contribution in [0.2, 0.25) is 0 Å². The molecule has 3 heteroatoms. The van der Waals surface area contributed by atoms with Crippen LogP contribution in [0.15, 0.2) is 0 Å². The molecule has 3 nitrogen and oxygen atoms in total. The van der Waals surface area contributed by atoms with E-state index in [1.807, 2.05) is 13.8 Å². The maximum atomic E-state index is 9.68. The van der Waals surface area contributed by atoms with E-state index in [1.165, 1.54) is 45.6 Å². The monoisotopic (exact) mass is 228 g/mol. The van der Waals surface area contributed by atoms with E-state index in [0.717, 1.165) is 13.0 Å². The minimum absolute atomic E-state index is 0.515. The Morgan fingerprint density at radius 3 is 1.94 bits per heavy atom. The van der Waals surface area contributed by atoms with Crippen LogP contribution in [0.5, 0.6) is 0 Å². The lowest BCUT2D eigenvalue weighted by Crippen LogP contribution is -2.47. The van der Waals surface area contributed by atoms with Crippen LogP contribution in [0.4, 0.5) is 0 Å². The summed E-state index contributed by atoms with van der Waals surface area (Å²) < 4.78 is 0. The Morgan fingerprint density at radius 1 is 1.00 bits per heavy atom. The second-order valence-electron chi connectivity index (χ2n) is 5.60. The molecule has 16 heavy (non-hydrogen) atoms. The van der Waals surface area contributed by atoms with Crippen LogP contribution in [-0.2, 0) is 0 Å². The number of piperazine rings is 1. The van der Waals surface area contributed by atoms with Crippen LogP contribution >= 0.6 is 0 Å². The summed E-state index contributed by atoms with van der Waals surface area (Å²) in [5.74, 6) is 0. The molecule has 1 N–H and O–H groups in total. The zero-order chi connectivity index (χ0) is 12.0. The van der Waals surface area contributed by atoms with Gasteiger partial charge in [0.2, 0.25) is 0 Å². The molecule has 0 unspecified atom stereocenters. The highest BCUT2D eigenvalue weighted by Crippen LogP contribution is 2.10. The molecule has 0 bridgehead atoms. The maximum absolute atomic E-state index is 9.68. The van der Waals surface area contributed by atoms with E-state index in [2.05, 4.69) is 16.7 Å². The van der Waals surface area contributed by atoms with E-state index >= 15 is 0 Å². The Labute approximate surface area is 100 Å². The van der Waals surface area contributed by atoms with Gasteiger partial charge in [-0.25, -0.2) is 0 Å². The number of unbranched alkanes of at least 4 members (excludes halogenated alkanes) is 1. The van der Waals surface area contributed by atoms with Crippen molar-refractivity contribution >= 4 is 0 Å². The zero-order valence-corrected chi connectivity index (χ0v) is 11.2. The van der Waals surface area contributed by atoms with Crippen molar-refractivity contribution in [3.05, 3.63) is 0 Å². The second kappa shape index (κ2) is 6.58. The highest BCUT2D eigenvalue weighted by Gasteiger charge is 2.19. The molecule has 0 aromatic heterocycles. The fraction of sp³-hybridized carbons (Fsp3) is 1.00. The summed E-state index contributed by atoms with van der Waals surface area (Å²) in [6.45, 7) is 13.1. The smallest absolute Gasteiger partial charge is 0.0603 e. The second-order valence-corrected chi connectivity index (χ2v) is 5.60. The molecule has 1 rings (SSSR count). The molecule has 96 valence electrons. The van der Waals surface area contributed by atoms with Gasteiger partial charge in [-0.15, -0.1) is 0 Å². The van der Waals surface area contributed by atoms with Crippen LogP contribution < -0.4 is 0 Å². The Balaban J connectivity index is 2.12. The number of aliphatic hydroxyl groups is 1. The van der Waals surface area contributed by atoms with Gasteiger partial charge in [-0.1, -0.05) is 13.3 Å². The summed E-state index contributed by atoms with van der Waals surface area (Å²) in [6.07, 6.45) is 3.49.